The number of rotatable bonds is 7. The molecule has 41 heavy (non-hydrogen) atoms. The van der Waals surface area contributed by atoms with Crippen LogP contribution in [0.1, 0.15) is 21.5 Å². The third-order valence-corrected chi connectivity index (χ3v) is 6.77. The minimum absolute atomic E-state index is 0.0631. The number of benzene rings is 4. The Kier molecular flexibility index (Phi) is 6.52. The number of carbonyl (C=O) groups is 1. The van der Waals surface area contributed by atoms with Crippen LogP contribution in [0.25, 0.3) is 16.6 Å². The Morgan fingerprint density at radius 3 is 2.49 bits per heavy atom. The number of nitrogens with zero attached hydrogens (tertiary/aromatic N) is 3. The molecule has 204 valence electrons. The summed E-state index contributed by atoms with van der Waals surface area (Å²) in [4.78, 5) is 51.3. The summed E-state index contributed by atoms with van der Waals surface area (Å²) in [5, 5.41) is 14.4. The van der Waals surface area contributed by atoms with Gasteiger partial charge in [-0.1, -0.05) is 36.4 Å². The molecule has 5 aromatic rings. The van der Waals surface area contributed by atoms with Crippen molar-refractivity contribution in [2.24, 2.45) is 0 Å². The van der Waals surface area contributed by atoms with Gasteiger partial charge in [-0.15, -0.1) is 0 Å². The molecule has 1 aromatic heterocycles. The minimum atomic E-state index is -0.641. The van der Waals surface area contributed by atoms with Crippen LogP contribution in [0.4, 0.5) is 5.69 Å². The third-order valence-electron chi connectivity index (χ3n) is 6.77. The zero-order chi connectivity index (χ0) is 28.5. The molecule has 11 nitrogen and oxygen atoms in total. The molecule has 0 bridgehead atoms. The fraction of sp³-hybridized carbons (Fsp3) is 0.100. The maximum Gasteiger partial charge on any atom is 0.336 e. The van der Waals surface area contributed by atoms with Crippen molar-refractivity contribution in [2.45, 2.75) is 13.1 Å². The summed E-state index contributed by atoms with van der Waals surface area (Å²) in [7, 11) is 0. The van der Waals surface area contributed by atoms with E-state index in [-0.39, 0.29) is 42.0 Å². The van der Waals surface area contributed by atoms with E-state index in [1.807, 2.05) is 6.07 Å². The zero-order valence-corrected chi connectivity index (χ0v) is 21.5. The lowest BCUT2D eigenvalue weighted by Gasteiger charge is -2.15. The van der Waals surface area contributed by atoms with E-state index in [4.69, 9.17) is 9.47 Å². The summed E-state index contributed by atoms with van der Waals surface area (Å²) in [5.41, 5.74) is 0.825. The third kappa shape index (κ3) is 4.91. The number of nitrogens with one attached hydrogen (secondary N) is 1. The van der Waals surface area contributed by atoms with Crippen molar-refractivity contribution in [3.8, 4) is 17.2 Å². The van der Waals surface area contributed by atoms with E-state index in [1.165, 1.54) is 41.0 Å². The molecule has 1 aliphatic heterocycles. The molecule has 0 unspecified atom stereocenters. The van der Waals surface area contributed by atoms with Crippen molar-refractivity contribution in [2.75, 3.05) is 6.79 Å². The van der Waals surface area contributed by atoms with Crippen molar-refractivity contribution >= 4 is 22.5 Å². The van der Waals surface area contributed by atoms with Gasteiger partial charge in [0.25, 0.3) is 17.2 Å². The molecule has 0 aliphatic carbocycles. The van der Waals surface area contributed by atoms with Crippen molar-refractivity contribution in [3.05, 3.63) is 139 Å². The first-order chi connectivity index (χ1) is 19.9. The number of aromatic nitrogens is 2. The quantitative estimate of drug-likeness (QED) is 0.241. The molecular formula is C30H22N4O7. The maximum absolute atomic E-state index is 13.8. The minimum Gasteiger partial charge on any atom is -0.454 e. The average molecular weight is 551 g/mol. The predicted molar refractivity (Wildman–Crippen MR) is 150 cm³/mol. The van der Waals surface area contributed by atoms with Crippen LogP contribution >= 0.6 is 0 Å². The highest BCUT2D eigenvalue weighted by Crippen LogP contribution is 2.32. The standard InChI is InChI=1S/C30H22N4O7/c35-28(31-16-19-9-12-26-27(14-19)41-18-40-26)21-10-11-24-25(15-21)32(17-20-5-4-8-23(13-20)34(38)39)30(37)33(29(24)36)22-6-2-1-3-7-22/h1-15H,16-18H2,(H,31,35). The molecule has 11 heteroatoms. The first-order valence-electron chi connectivity index (χ1n) is 12.6. The topological polar surface area (TPSA) is 135 Å². The van der Waals surface area contributed by atoms with Gasteiger partial charge in [0.05, 0.1) is 28.1 Å². The monoisotopic (exact) mass is 550 g/mol. The van der Waals surface area contributed by atoms with E-state index in [9.17, 15) is 24.5 Å². The fourth-order valence-electron chi connectivity index (χ4n) is 4.75. The second-order valence-corrected chi connectivity index (χ2v) is 9.37. The van der Waals surface area contributed by atoms with Gasteiger partial charge in [-0.2, -0.15) is 0 Å². The van der Waals surface area contributed by atoms with Crippen molar-refractivity contribution in [1.29, 1.82) is 0 Å². The number of ether oxygens (including phenoxy) is 2. The summed E-state index contributed by atoms with van der Waals surface area (Å²) in [6, 6.07) is 24.3. The molecule has 0 saturated heterocycles. The average Bonchev–Trinajstić information content (AvgIpc) is 3.46. The van der Waals surface area contributed by atoms with Gasteiger partial charge in [-0.25, -0.2) is 9.36 Å². The predicted octanol–water partition coefficient (Wildman–Crippen LogP) is 3.77. The Morgan fingerprint density at radius 1 is 0.878 bits per heavy atom. The van der Waals surface area contributed by atoms with Crippen LogP contribution in [0.2, 0.25) is 0 Å². The van der Waals surface area contributed by atoms with Crippen LogP contribution in [0.15, 0.2) is 101 Å². The van der Waals surface area contributed by atoms with E-state index < -0.39 is 22.1 Å². The Balaban J connectivity index is 1.41. The number of fused-ring (bicyclic) bond motifs is 2. The molecule has 2 heterocycles. The van der Waals surface area contributed by atoms with E-state index in [1.54, 1.807) is 48.5 Å². The van der Waals surface area contributed by atoms with Crippen LogP contribution in [-0.4, -0.2) is 26.8 Å². The van der Waals surface area contributed by atoms with E-state index in [0.717, 1.165) is 10.1 Å². The number of amides is 1. The highest BCUT2D eigenvalue weighted by Gasteiger charge is 2.18. The van der Waals surface area contributed by atoms with Crippen molar-refractivity contribution in [1.82, 2.24) is 14.5 Å². The van der Waals surface area contributed by atoms with Crippen LogP contribution in [0.5, 0.6) is 11.5 Å². The molecule has 6 rings (SSSR count). The normalized spacial score (nSPS) is 11.9. The highest BCUT2D eigenvalue weighted by molar-refractivity contribution is 5.97. The van der Waals surface area contributed by atoms with Crippen molar-refractivity contribution in [3.63, 3.8) is 0 Å². The molecule has 1 amide bonds. The van der Waals surface area contributed by atoms with E-state index in [0.29, 0.717) is 22.7 Å². The SMILES string of the molecule is O=C(NCc1ccc2c(c1)OCO2)c1ccc2c(=O)n(-c3ccccc3)c(=O)n(Cc3cccc([N+](=O)[O-])c3)c2c1. The van der Waals surface area contributed by atoms with Gasteiger partial charge >= 0.3 is 5.69 Å². The number of hydrogen-bond donors (Lipinski definition) is 1. The largest absolute Gasteiger partial charge is 0.454 e. The van der Waals surface area contributed by atoms with Gasteiger partial charge in [0.1, 0.15) is 0 Å². The van der Waals surface area contributed by atoms with Gasteiger partial charge < -0.3 is 14.8 Å². The lowest BCUT2D eigenvalue weighted by Crippen LogP contribution is -2.39. The molecular weight excluding hydrogens is 528 g/mol. The van der Waals surface area contributed by atoms with Gasteiger partial charge in [0.2, 0.25) is 6.79 Å². The molecule has 0 fully saturated rings. The number of carbonyl (C=O) groups excluding carboxylic acids is 1. The number of hydrogen-bond acceptors (Lipinski definition) is 7. The molecule has 0 radical (unpaired) electrons. The van der Waals surface area contributed by atoms with Gasteiger partial charge in [-0.3, -0.25) is 24.3 Å². The lowest BCUT2D eigenvalue weighted by molar-refractivity contribution is -0.384. The number of para-hydroxylation sites is 1. The molecule has 1 aliphatic rings. The summed E-state index contributed by atoms with van der Waals surface area (Å²) in [6.45, 7) is 0.294. The first-order valence-corrected chi connectivity index (χ1v) is 12.6. The van der Waals surface area contributed by atoms with E-state index >= 15 is 0 Å². The van der Waals surface area contributed by atoms with Gasteiger partial charge in [0, 0.05) is 24.2 Å². The number of nitro benzene ring substituents is 1. The summed E-state index contributed by atoms with van der Waals surface area (Å²) < 4.78 is 13.1. The van der Waals surface area contributed by atoms with Crippen LogP contribution < -0.4 is 26.0 Å². The van der Waals surface area contributed by atoms with E-state index in [2.05, 4.69) is 5.32 Å². The molecule has 0 atom stereocenters. The summed E-state index contributed by atoms with van der Waals surface area (Å²) in [6.07, 6.45) is 0. The smallest absolute Gasteiger partial charge is 0.336 e. The molecule has 1 N–H and O–H groups in total. The Labute approximate surface area is 232 Å². The van der Waals surface area contributed by atoms with Crippen molar-refractivity contribution < 1.29 is 19.2 Å². The van der Waals surface area contributed by atoms with Gasteiger partial charge in [-0.05, 0) is 53.6 Å². The molecule has 0 saturated carbocycles. The van der Waals surface area contributed by atoms with Gasteiger partial charge in [0.15, 0.2) is 11.5 Å². The summed E-state index contributed by atoms with van der Waals surface area (Å²) in [5.74, 6) is 0.825. The second-order valence-electron chi connectivity index (χ2n) is 9.37. The first kappa shape index (κ1) is 25.6. The van der Waals surface area contributed by atoms with Crippen LogP contribution in [-0.2, 0) is 13.1 Å². The Morgan fingerprint density at radius 2 is 1.68 bits per heavy atom. The fourth-order valence-corrected chi connectivity index (χ4v) is 4.75. The Bertz CT molecular complexity index is 1950. The second kappa shape index (κ2) is 10.5. The number of nitro groups is 1. The highest BCUT2D eigenvalue weighted by atomic mass is 16.7. The van der Waals surface area contributed by atoms with Crippen LogP contribution in [0, 0.1) is 10.1 Å². The zero-order valence-electron chi connectivity index (χ0n) is 21.5. The molecule has 0 spiro atoms. The maximum atomic E-state index is 13.8. The summed E-state index contributed by atoms with van der Waals surface area (Å²) >= 11 is 0. The number of non-ortho nitro benzene ring substituents is 1. The Hall–Kier alpha value is -5.71. The molecule has 4 aromatic carbocycles. The lowest BCUT2D eigenvalue weighted by atomic mass is 10.1. The van der Waals surface area contributed by atoms with Crippen LogP contribution in [0.3, 0.4) is 0 Å².